The second kappa shape index (κ2) is 7.50. The Morgan fingerprint density at radius 1 is 1.19 bits per heavy atom. The van der Waals surface area contributed by atoms with Gasteiger partial charge in [0.1, 0.15) is 5.76 Å². The Morgan fingerprint density at radius 3 is 2.52 bits per heavy atom. The molecule has 2 heterocycles. The number of ether oxygens (including phenoxy) is 1. The lowest BCUT2D eigenvalue weighted by Crippen LogP contribution is -2.27. The zero-order chi connectivity index (χ0) is 19.6. The van der Waals surface area contributed by atoms with E-state index in [2.05, 4.69) is 4.74 Å². The fourth-order valence-electron chi connectivity index (χ4n) is 2.34. The fourth-order valence-corrected chi connectivity index (χ4v) is 3.18. The number of aromatic carboxylic acids is 1. The predicted octanol–water partition coefficient (Wildman–Crippen LogP) is 3.00. The monoisotopic (exact) mass is 387 g/mol. The third-order valence-electron chi connectivity index (χ3n) is 3.69. The van der Waals surface area contributed by atoms with E-state index >= 15 is 0 Å². The third-order valence-corrected chi connectivity index (χ3v) is 4.60. The quantitative estimate of drug-likeness (QED) is 0.615. The first-order valence-corrected chi connectivity index (χ1v) is 8.46. The van der Waals surface area contributed by atoms with Crippen molar-refractivity contribution in [2.75, 3.05) is 7.11 Å². The molecule has 1 aromatic carbocycles. The average Bonchev–Trinajstić information content (AvgIpc) is 3.22. The van der Waals surface area contributed by atoms with E-state index in [1.165, 1.54) is 37.5 Å². The molecule has 1 aliphatic rings. The van der Waals surface area contributed by atoms with Crippen molar-refractivity contribution < 1.29 is 33.4 Å². The number of esters is 1. The van der Waals surface area contributed by atoms with Gasteiger partial charge in [0.2, 0.25) is 5.76 Å². The summed E-state index contributed by atoms with van der Waals surface area (Å²) < 4.78 is 9.82. The molecular formula is C18H13NO7S. The molecule has 1 aliphatic heterocycles. The van der Waals surface area contributed by atoms with E-state index in [9.17, 15) is 19.2 Å². The van der Waals surface area contributed by atoms with Crippen LogP contribution in [0.15, 0.2) is 45.7 Å². The van der Waals surface area contributed by atoms with Crippen LogP contribution in [0.2, 0.25) is 0 Å². The number of carboxylic acids is 1. The summed E-state index contributed by atoms with van der Waals surface area (Å²) >= 11 is 0.773. The van der Waals surface area contributed by atoms with Gasteiger partial charge in [-0.15, -0.1) is 0 Å². The Morgan fingerprint density at radius 2 is 1.89 bits per heavy atom. The molecule has 2 aromatic rings. The number of thioether (sulfide) groups is 1. The summed E-state index contributed by atoms with van der Waals surface area (Å²) in [4.78, 5) is 48.1. The Balaban J connectivity index is 1.75. The minimum absolute atomic E-state index is 0.0199. The maximum absolute atomic E-state index is 12.5. The van der Waals surface area contributed by atoms with E-state index < -0.39 is 23.1 Å². The molecular weight excluding hydrogens is 374 g/mol. The normalized spacial score (nSPS) is 15.4. The van der Waals surface area contributed by atoms with Crippen molar-refractivity contribution in [3.05, 3.63) is 64.0 Å². The van der Waals surface area contributed by atoms with Gasteiger partial charge in [-0.05, 0) is 47.7 Å². The highest BCUT2D eigenvalue weighted by Crippen LogP contribution is 2.33. The SMILES string of the molecule is COC(=O)c1ccc(CN2C(=O)S/C(=C/c3ccc(C(=O)O)cc3)C2=O)o1. The number of rotatable bonds is 5. The number of hydrogen-bond acceptors (Lipinski definition) is 7. The summed E-state index contributed by atoms with van der Waals surface area (Å²) in [7, 11) is 1.22. The van der Waals surface area contributed by atoms with Crippen molar-refractivity contribution in [1.29, 1.82) is 0 Å². The van der Waals surface area contributed by atoms with E-state index in [0.29, 0.717) is 5.56 Å². The Kier molecular flexibility index (Phi) is 5.13. The third kappa shape index (κ3) is 3.93. The van der Waals surface area contributed by atoms with Gasteiger partial charge in [0.25, 0.3) is 11.1 Å². The van der Waals surface area contributed by atoms with Gasteiger partial charge in [0.05, 0.1) is 24.1 Å². The lowest BCUT2D eigenvalue weighted by atomic mass is 10.1. The van der Waals surface area contributed by atoms with Gasteiger partial charge in [0, 0.05) is 0 Å². The summed E-state index contributed by atoms with van der Waals surface area (Å²) in [5.41, 5.74) is 0.718. The largest absolute Gasteiger partial charge is 0.478 e. The van der Waals surface area contributed by atoms with Crippen LogP contribution in [0.3, 0.4) is 0 Å². The van der Waals surface area contributed by atoms with Crippen LogP contribution in [-0.2, 0) is 16.1 Å². The number of carbonyl (C=O) groups is 4. The number of carboxylic acid groups (broad SMARTS) is 1. The molecule has 8 nitrogen and oxygen atoms in total. The second-order valence-electron chi connectivity index (χ2n) is 5.45. The van der Waals surface area contributed by atoms with E-state index in [-0.39, 0.29) is 28.5 Å². The molecule has 138 valence electrons. The molecule has 0 radical (unpaired) electrons. The van der Waals surface area contributed by atoms with E-state index in [0.717, 1.165) is 16.7 Å². The summed E-state index contributed by atoms with van der Waals surface area (Å²) in [6.07, 6.45) is 1.51. The number of benzene rings is 1. The zero-order valence-electron chi connectivity index (χ0n) is 14.0. The first-order valence-electron chi connectivity index (χ1n) is 7.65. The van der Waals surface area contributed by atoms with Gasteiger partial charge in [-0.1, -0.05) is 12.1 Å². The number of hydrogen-bond donors (Lipinski definition) is 1. The maximum Gasteiger partial charge on any atom is 0.373 e. The van der Waals surface area contributed by atoms with Gasteiger partial charge in [-0.25, -0.2) is 9.59 Å². The van der Waals surface area contributed by atoms with E-state index in [4.69, 9.17) is 9.52 Å². The molecule has 0 aliphatic carbocycles. The van der Waals surface area contributed by atoms with Crippen LogP contribution in [0.4, 0.5) is 4.79 Å². The number of amides is 2. The summed E-state index contributed by atoms with van der Waals surface area (Å²) in [5, 5.41) is 8.43. The molecule has 1 saturated heterocycles. The number of nitrogens with zero attached hydrogens (tertiary/aromatic N) is 1. The highest BCUT2D eigenvalue weighted by Gasteiger charge is 2.35. The molecule has 1 aromatic heterocycles. The van der Waals surface area contributed by atoms with Gasteiger partial charge in [-0.3, -0.25) is 14.5 Å². The van der Waals surface area contributed by atoms with Crippen molar-refractivity contribution in [1.82, 2.24) is 4.90 Å². The molecule has 0 saturated carbocycles. The van der Waals surface area contributed by atoms with Crippen molar-refractivity contribution in [2.45, 2.75) is 6.54 Å². The number of imide groups is 1. The van der Waals surface area contributed by atoms with Gasteiger partial charge in [-0.2, -0.15) is 0 Å². The summed E-state index contributed by atoms with van der Waals surface area (Å²) in [6.45, 7) is -0.114. The minimum Gasteiger partial charge on any atom is -0.478 e. The number of furan rings is 1. The van der Waals surface area contributed by atoms with Crippen LogP contribution in [-0.4, -0.2) is 40.2 Å². The highest BCUT2D eigenvalue weighted by molar-refractivity contribution is 8.18. The molecule has 1 fully saturated rings. The van der Waals surface area contributed by atoms with Crippen molar-refractivity contribution >= 4 is 40.9 Å². The Hall–Kier alpha value is -3.33. The zero-order valence-corrected chi connectivity index (χ0v) is 14.8. The molecule has 0 unspecified atom stereocenters. The number of methoxy groups -OCH3 is 1. The van der Waals surface area contributed by atoms with Crippen LogP contribution in [0.25, 0.3) is 6.08 Å². The fraction of sp³-hybridized carbons (Fsp3) is 0.111. The minimum atomic E-state index is -1.05. The van der Waals surface area contributed by atoms with Crippen molar-refractivity contribution in [3.8, 4) is 0 Å². The second-order valence-corrected chi connectivity index (χ2v) is 6.45. The maximum atomic E-state index is 12.5. The first kappa shape index (κ1) is 18.5. The first-order chi connectivity index (χ1) is 12.9. The topological polar surface area (TPSA) is 114 Å². The van der Waals surface area contributed by atoms with Crippen LogP contribution < -0.4 is 0 Å². The van der Waals surface area contributed by atoms with Crippen LogP contribution in [0, 0.1) is 0 Å². The lowest BCUT2D eigenvalue weighted by molar-refractivity contribution is -0.123. The van der Waals surface area contributed by atoms with Crippen molar-refractivity contribution in [3.63, 3.8) is 0 Å². The van der Waals surface area contributed by atoms with Crippen LogP contribution >= 0.6 is 11.8 Å². The highest BCUT2D eigenvalue weighted by atomic mass is 32.2. The smallest absolute Gasteiger partial charge is 0.373 e. The van der Waals surface area contributed by atoms with Gasteiger partial charge < -0.3 is 14.3 Å². The summed E-state index contributed by atoms with van der Waals surface area (Å²) in [5.74, 6) is -1.95. The molecule has 27 heavy (non-hydrogen) atoms. The molecule has 3 rings (SSSR count). The Bertz CT molecular complexity index is 958. The van der Waals surface area contributed by atoms with Crippen LogP contribution in [0.1, 0.15) is 32.2 Å². The molecule has 0 atom stereocenters. The molecule has 0 spiro atoms. The molecule has 1 N–H and O–H groups in total. The number of carbonyl (C=O) groups excluding carboxylic acids is 3. The summed E-state index contributed by atoms with van der Waals surface area (Å²) in [6, 6.07) is 8.81. The Labute approximate surface area is 157 Å². The van der Waals surface area contributed by atoms with Crippen molar-refractivity contribution in [2.24, 2.45) is 0 Å². The van der Waals surface area contributed by atoms with E-state index in [1.807, 2.05) is 0 Å². The van der Waals surface area contributed by atoms with Gasteiger partial charge >= 0.3 is 11.9 Å². The average molecular weight is 387 g/mol. The van der Waals surface area contributed by atoms with E-state index in [1.54, 1.807) is 12.1 Å². The lowest BCUT2D eigenvalue weighted by Gasteiger charge is -2.09. The standard InChI is InChI=1S/C18H13NO7S/c1-25-17(23)13-7-6-12(26-13)9-19-15(20)14(27-18(19)24)8-10-2-4-11(5-3-10)16(21)22/h2-8H,9H2,1H3,(H,21,22)/b14-8+. The van der Waals surface area contributed by atoms with Crippen LogP contribution in [0.5, 0.6) is 0 Å². The molecule has 9 heteroatoms. The molecule has 0 bridgehead atoms. The predicted molar refractivity (Wildman–Crippen MR) is 95.0 cm³/mol. The molecule has 2 amide bonds. The van der Waals surface area contributed by atoms with Gasteiger partial charge in [0.15, 0.2) is 0 Å².